The number of para-hydroxylation sites is 2. The Hall–Kier alpha value is -1.71. The molecule has 1 atom stereocenters. The lowest BCUT2D eigenvalue weighted by molar-refractivity contribution is 0.0582. The Morgan fingerprint density at radius 2 is 1.73 bits per heavy atom. The van der Waals surface area contributed by atoms with E-state index in [0.717, 1.165) is 31.1 Å². The van der Waals surface area contributed by atoms with E-state index in [4.69, 9.17) is 21.1 Å². The first-order chi connectivity index (χ1) is 10.8. The van der Waals surface area contributed by atoms with Crippen LogP contribution in [0.4, 0.5) is 0 Å². The van der Waals surface area contributed by atoms with Crippen LogP contribution in [0.3, 0.4) is 0 Å². The topological polar surface area (TPSA) is 21.7 Å². The van der Waals surface area contributed by atoms with Crippen LogP contribution in [-0.2, 0) is 6.54 Å². The van der Waals surface area contributed by atoms with E-state index in [-0.39, 0.29) is 6.10 Å². The number of alkyl halides is 1. The summed E-state index contributed by atoms with van der Waals surface area (Å²) < 4.78 is 11.8. The van der Waals surface area contributed by atoms with E-state index < -0.39 is 0 Å². The summed E-state index contributed by atoms with van der Waals surface area (Å²) in [5.41, 5.74) is 1.28. The Balaban J connectivity index is 1.62. The molecule has 0 aromatic heterocycles. The summed E-state index contributed by atoms with van der Waals surface area (Å²) in [7, 11) is 0. The number of halogens is 1. The summed E-state index contributed by atoms with van der Waals surface area (Å²) in [6.45, 7) is 3.08. The summed E-state index contributed by atoms with van der Waals surface area (Å²) in [6, 6.07) is 18.2. The van der Waals surface area contributed by atoms with Crippen LogP contribution in [0.5, 0.6) is 11.5 Å². The van der Waals surface area contributed by atoms with Crippen molar-refractivity contribution in [1.82, 2.24) is 4.90 Å². The highest BCUT2D eigenvalue weighted by atomic mass is 35.5. The molecule has 22 heavy (non-hydrogen) atoms. The molecule has 0 radical (unpaired) electrons. The van der Waals surface area contributed by atoms with Crippen LogP contribution in [0.1, 0.15) is 5.56 Å². The van der Waals surface area contributed by atoms with Crippen molar-refractivity contribution in [3.8, 4) is 11.5 Å². The highest BCUT2D eigenvalue weighted by Crippen LogP contribution is 2.31. The molecule has 1 aliphatic rings. The number of rotatable bonds is 6. The van der Waals surface area contributed by atoms with E-state index in [0.29, 0.717) is 12.5 Å². The lowest BCUT2D eigenvalue weighted by atomic mass is 10.2. The molecule has 0 N–H and O–H groups in total. The highest BCUT2D eigenvalue weighted by Gasteiger charge is 2.22. The van der Waals surface area contributed by atoms with Gasteiger partial charge in [0.05, 0.1) is 0 Å². The predicted molar refractivity (Wildman–Crippen MR) is 88.8 cm³/mol. The smallest absolute Gasteiger partial charge is 0.161 e. The predicted octanol–water partition coefficient (Wildman–Crippen LogP) is 3.57. The number of fused-ring (bicyclic) bond motifs is 1. The molecule has 0 bridgehead atoms. The fourth-order valence-electron chi connectivity index (χ4n) is 2.64. The molecule has 2 aromatic rings. The van der Waals surface area contributed by atoms with Gasteiger partial charge in [-0.3, -0.25) is 4.90 Å². The second-order valence-electron chi connectivity index (χ2n) is 5.41. The van der Waals surface area contributed by atoms with Crippen LogP contribution in [0.2, 0.25) is 0 Å². The average molecular weight is 318 g/mol. The molecule has 0 saturated heterocycles. The molecule has 1 aliphatic heterocycles. The van der Waals surface area contributed by atoms with E-state index in [1.165, 1.54) is 5.56 Å². The minimum atomic E-state index is 0.0295. The molecule has 0 saturated carbocycles. The van der Waals surface area contributed by atoms with Gasteiger partial charge in [-0.1, -0.05) is 42.5 Å². The van der Waals surface area contributed by atoms with E-state index in [2.05, 4.69) is 29.2 Å². The maximum Gasteiger partial charge on any atom is 0.161 e. The molecule has 0 aliphatic carbocycles. The molecule has 4 heteroatoms. The van der Waals surface area contributed by atoms with E-state index in [1.54, 1.807) is 0 Å². The minimum Gasteiger partial charge on any atom is -0.486 e. The van der Waals surface area contributed by atoms with Crippen molar-refractivity contribution in [2.75, 3.05) is 25.6 Å². The van der Waals surface area contributed by atoms with Gasteiger partial charge in [0, 0.05) is 25.5 Å². The van der Waals surface area contributed by atoms with Gasteiger partial charge in [0.15, 0.2) is 11.5 Å². The minimum absolute atomic E-state index is 0.0295. The number of hydrogen-bond acceptors (Lipinski definition) is 3. The van der Waals surface area contributed by atoms with Gasteiger partial charge in [-0.2, -0.15) is 0 Å². The normalized spacial score (nSPS) is 16.7. The fraction of sp³-hybridized carbons (Fsp3) is 0.333. The third-order valence-corrected chi connectivity index (χ3v) is 3.85. The fourth-order valence-corrected chi connectivity index (χ4v) is 2.88. The van der Waals surface area contributed by atoms with Gasteiger partial charge in [0.2, 0.25) is 0 Å². The van der Waals surface area contributed by atoms with Crippen LogP contribution >= 0.6 is 11.6 Å². The maximum atomic E-state index is 6.04. The van der Waals surface area contributed by atoms with Gasteiger partial charge >= 0.3 is 0 Å². The second kappa shape index (κ2) is 7.52. The molecule has 0 amide bonds. The Kier molecular flexibility index (Phi) is 5.20. The van der Waals surface area contributed by atoms with Crippen LogP contribution in [0.15, 0.2) is 54.6 Å². The van der Waals surface area contributed by atoms with Crippen molar-refractivity contribution in [1.29, 1.82) is 0 Å². The standard InChI is InChI=1S/C18H20ClNO2/c19-10-11-20(12-15-6-2-1-3-7-15)13-16-14-21-17-8-4-5-9-18(17)22-16/h1-9,16H,10-14H2/t16-/m0/s1. The lowest BCUT2D eigenvalue weighted by Gasteiger charge is -2.31. The first-order valence-electron chi connectivity index (χ1n) is 7.56. The molecule has 0 fully saturated rings. The van der Waals surface area contributed by atoms with Gasteiger partial charge in [-0.15, -0.1) is 11.6 Å². The van der Waals surface area contributed by atoms with Crippen LogP contribution in [0, 0.1) is 0 Å². The molecule has 2 aromatic carbocycles. The molecule has 116 valence electrons. The van der Waals surface area contributed by atoms with Crippen LogP contribution in [-0.4, -0.2) is 36.6 Å². The Bertz CT molecular complexity index is 591. The van der Waals surface area contributed by atoms with Gasteiger partial charge in [-0.05, 0) is 17.7 Å². The number of hydrogen-bond donors (Lipinski definition) is 0. The maximum absolute atomic E-state index is 6.04. The monoisotopic (exact) mass is 317 g/mol. The van der Waals surface area contributed by atoms with Gasteiger partial charge in [0.25, 0.3) is 0 Å². The van der Waals surface area contributed by atoms with Crippen molar-refractivity contribution in [2.45, 2.75) is 12.6 Å². The largest absolute Gasteiger partial charge is 0.486 e. The Morgan fingerprint density at radius 3 is 2.50 bits per heavy atom. The summed E-state index contributed by atoms with van der Waals surface area (Å²) in [4.78, 5) is 2.31. The number of nitrogens with zero attached hydrogens (tertiary/aromatic N) is 1. The third kappa shape index (κ3) is 3.93. The SMILES string of the molecule is ClCCN(Cc1ccccc1)C[C@H]1COc2ccccc2O1. The highest BCUT2D eigenvalue weighted by molar-refractivity contribution is 6.18. The van der Waals surface area contributed by atoms with Gasteiger partial charge < -0.3 is 9.47 Å². The van der Waals surface area contributed by atoms with Crippen molar-refractivity contribution in [2.24, 2.45) is 0 Å². The molecule has 3 nitrogen and oxygen atoms in total. The van der Waals surface area contributed by atoms with Gasteiger partial charge in [0.1, 0.15) is 12.7 Å². The first kappa shape index (κ1) is 15.2. The number of benzene rings is 2. The molecule has 0 unspecified atom stereocenters. The van der Waals surface area contributed by atoms with Crippen molar-refractivity contribution in [3.63, 3.8) is 0 Å². The van der Waals surface area contributed by atoms with Crippen LogP contribution in [0.25, 0.3) is 0 Å². The van der Waals surface area contributed by atoms with Crippen molar-refractivity contribution in [3.05, 3.63) is 60.2 Å². The van der Waals surface area contributed by atoms with Crippen LogP contribution < -0.4 is 9.47 Å². The van der Waals surface area contributed by atoms with E-state index in [1.807, 2.05) is 30.3 Å². The molecular weight excluding hydrogens is 298 g/mol. The van der Waals surface area contributed by atoms with Gasteiger partial charge in [-0.25, -0.2) is 0 Å². The first-order valence-corrected chi connectivity index (χ1v) is 8.09. The summed E-state index contributed by atoms with van der Waals surface area (Å²) >= 11 is 5.95. The molecule has 0 spiro atoms. The number of ether oxygens (including phenoxy) is 2. The second-order valence-corrected chi connectivity index (χ2v) is 5.79. The quantitative estimate of drug-likeness (QED) is 0.760. The van der Waals surface area contributed by atoms with E-state index in [9.17, 15) is 0 Å². The third-order valence-electron chi connectivity index (χ3n) is 3.68. The Labute approximate surface area is 136 Å². The zero-order chi connectivity index (χ0) is 15.2. The zero-order valence-electron chi connectivity index (χ0n) is 12.5. The van der Waals surface area contributed by atoms with Crippen molar-refractivity contribution < 1.29 is 9.47 Å². The summed E-state index contributed by atoms with van der Waals surface area (Å²) in [5, 5.41) is 0. The summed E-state index contributed by atoms with van der Waals surface area (Å²) in [5.74, 6) is 2.26. The zero-order valence-corrected chi connectivity index (χ0v) is 13.2. The lowest BCUT2D eigenvalue weighted by Crippen LogP contribution is -2.41. The van der Waals surface area contributed by atoms with Crippen molar-refractivity contribution >= 4 is 11.6 Å². The molecule has 1 heterocycles. The Morgan fingerprint density at radius 1 is 1.00 bits per heavy atom. The molecular formula is C18H20ClNO2. The molecule has 3 rings (SSSR count). The average Bonchev–Trinajstić information content (AvgIpc) is 2.56. The van der Waals surface area contributed by atoms with E-state index >= 15 is 0 Å². The summed E-state index contributed by atoms with van der Waals surface area (Å²) in [6.07, 6.45) is 0.0295.